The normalized spacial score (nSPS) is 12.3. The van der Waals surface area contributed by atoms with Crippen LogP contribution in [0.25, 0.3) is 5.65 Å². The summed E-state index contributed by atoms with van der Waals surface area (Å²) in [6.45, 7) is 6.56. The van der Waals surface area contributed by atoms with Gasteiger partial charge in [0.25, 0.3) is 5.56 Å². The summed E-state index contributed by atoms with van der Waals surface area (Å²) in [5.41, 5.74) is 7.90. The first-order valence-corrected chi connectivity index (χ1v) is 5.64. The van der Waals surface area contributed by atoms with Gasteiger partial charge in [-0.05, 0) is 0 Å². The van der Waals surface area contributed by atoms with Crippen LogP contribution < -0.4 is 11.3 Å². The van der Waals surface area contributed by atoms with Gasteiger partial charge < -0.3 is 10.3 Å². The van der Waals surface area contributed by atoms with Crippen LogP contribution in [-0.2, 0) is 19.0 Å². The van der Waals surface area contributed by atoms with E-state index in [2.05, 4.69) is 25.9 Å². The van der Waals surface area contributed by atoms with Crippen molar-refractivity contribution in [1.29, 1.82) is 0 Å². The Bertz CT molecular complexity index is 616. The molecule has 5 nitrogen and oxygen atoms in total. The molecule has 92 valence electrons. The molecule has 0 fully saturated rings. The largest absolute Gasteiger partial charge is 0.331 e. The van der Waals surface area contributed by atoms with Crippen LogP contribution in [0.1, 0.15) is 32.2 Å². The summed E-state index contributed by atoms with van der Waals surface area (Å²) in [4.78, 5) is 11.9. The molecule has 0 aliphatic carbocycles. The molecule has 0 aromatic carbocycles. The van der Waals surface area contributed by atoms with E-state index in [0.717, 1.165) is 17.0 Å². The molecule has 2 aromatic rings. The van der Waals surface area contributed by atoms with Gasteiger partial charge in [0.15, 0.2) is 0 Å². The van der Waals surface area contributed by atoms with Crippen molar-refractivity contribution in [1.82, 2.24) is 14.2 Å². The predicted molar refractivity (Wildman–Crippen MR) is 67.0 cm³/mol. The standard InChI is InChI=1S/C12H18N4O/c1-12(2,3)9-6-10-15(4)8(7-13)5-11(17)16(10)14-9/h5-6H,7,13H2,1-4H3. The van der Waals surface area contributed by atoms with Crippen molar-refractivity contribution in [3.63, 3.8) is 0 Å². The van der Waals surface area contributed by atoms with Crippen molar-refractivity contribution in [3.8, 4) is 0 Å². The van der Waals surface area contributed by atoms with Gasteiger partial charge in [-0.1, -0.05) is 20.8 Å². The first-order valence-electron chi connectivity index (χ1n) is 5.64. The highest BCUT2D eigenvalue weighted by Crippen LogP contribution is 2.21. The molecule has 5 heteroatoms. The molecule has 0 aliphatic heterocycles. The molecule has 17 heavy (non-hydrogen) atoms. The van der Waals surface area contributed by atoms with Gasteiger partial charge in [0.1, 0.15) is 5.65 Å². The molecule has 0 radical (unpaired) electrons. The zero-order chi connectivity index (χ0) is 12.8. The number of hydrogen-bond donors (Lipinski definition) is 1. The predicted octanol–water partition coefficient (Wildman–Crippen LogP) is 0.789. The molecule has 0 saturated heterocycles. The van der Waals surface area contributed by atoms with Crippen LogP contribution in [-0.4, -0.2) is 14.2 Å². The number of aromatic nitrogens is 3. The number of rotatable bonds is 1. The SMILES string of the molecule is Cn1c(CN)cc(=O)n2nc(C(C)(C)C)cc12. The Morgan fingerprint density at radius 3 is 2.53 bits per heavy atom. The first-order chi connectivity index (χ1) is 7.84. The minimum Gasteiger partial charge on any atom is -0.331 e. The Hall–Kier alpha value is -1.62. The Morgan fingerprint density at radius 2 is 2.00 bits per heavy atom. The maximum Gasteiger partial charge on any atom is 0.274 e. The van der Waals surface area contributed by atoms with Crippen molar-refractivity contribution >= 4 is 5.65 Å². The molecule has 0 saturated carbocycles. The molecule has 2 N–H and O–H groups in total. The third-order valence-corrected chi connectivity index (χ3v) is 2.94. The zero-order valence-electron chi connectivity index (χ0n) is 10.7. The zero-order valence-corrected chi connectivity index (χ0v) is 10.7. The van der Waals surface area contributed by atoms with Crippen molar-refractivity contribution in [2.45, 2.75) is 32.7 Å². The van der Waals surface area contributed by atoms with E-state index >= 15 is 0 Å². The van der Waals surface area contributed by atoms with E-state index < -0.39 is 0 Å². The maximum absolute atomic E-state index is 11.9. The Balaban J connectivity index is 2.81. The van der Waals surface area contributed by atoms with Gasteiger partial charge in [0.2, 0.25) is 0 Å². The van der Waals surface area contributed by atoms with Gasteiger partial charge >= 0.3 is 0 Å². The molecule has 0 aliphatic rings. The highest BCUT2D eigenvalue weighted by Gasteiger charge is 2.19. The molecule has 0 atom stereocenters. The first kappa shape index (κ1) is 11.9. The van der Waals surface area contributed by atoms with Gasteiger partial charge in [-0.3, -0.25) is 4.79 Å². The number of nitrogens with zero attached hydrogens (tertiary/aromatic N) is 3. The summed E-state index contributed by atoms with van der Waals surface area (Å²) in [5.74, 6) is 0. The minimum atomic E-state index is -0.131. The topological polar surface area (TPSA) is 65.3 Å². The van der Waals surface area contributed by atoms with E-state index in [4.69, 9.17) is 5.73 Å². The lowest BCUT2D eigenvalue weighted by Gasteiger charge is -2.13. The summed E-state index contributed by atoms with van der Waals surface area (Å²) in [7, 11) is 1.89. The van der Waals surface area contributed by atoms with Crippen LogP contribution in [0.5, 0.6) is 0 Å². The number of aryl methyl sites for hydroxylation is 1. The molecule has 0 amide bonds. The molecule has 2 rings (SSSR count). The molecule has 0 spiro atoms. The third-order valence-electron chi connectivity index (χ3n) is 2.94. The second-order valence-corrected chi connectivity index (χ2v) is 5.29. The van der Waals surface area contributed by atoms with E-state index in [0.29, 0.717) is 6.54 Å². The lowest BCUT2D eigenvalue weighted by atomic mass is 9.93. The van der Waals surface area contributed by atoms with Gasteiger partial charge in [0, 0.05) is 36.8 Å². The van der Waals surface area contributed by atoms with Crippen molar-refractivity contribution < 1.29 is 0 Å². The smallest absolute Gasteiger partial charge is 0.274 e. The molecule has 0 unspecified atom stereocenters. The molecule has 0 bridgehead atoms. The average Bonchev–Trinajstić information content (AvgIpc) is 2.68. The summed E-state index contributed by atoms with van der Waals surface area (Å²) < 4.78 is 3.34. The minimum absolute atomic E-state index is 0.0751. The number of fused-ring (bicyclic) bond motifs is 1. The molecular formula is C12H18N4O. The van der Waals surface area contributed by atoms with Gasteiger partial charge in [-0.25, -0.2) is 0 Å². The average molecular weight is 234 g/mol. The molecular weight excluding hydrogens is 216 g/mol. The molecule has 2 heterocycles. The second kappa shape index (κ2) is 3.70. The Kier molecular flexibility index (Phi) is 2.58. The fourth-order valence-electron chi connectivity index (χ4n) is 1.78. The van der Waals surface area contributed by atoms with E-state index in [-0.39, 0.29) is 11.0 Å². The van der Waals surface area contributed by atoms with Crippen molar-refractivity contribution in [3.05, 3.63) is 33.9 Å². The van der Waals surface area contributed by atoms with E-state index in [1.807, 2.05) is 17.7 Å². The van der Waals surface area contributed by atoms with Crippen LogP contribution in [0.2, 0.25) is 0 Å². The Labute approximate surface area is 99.9 Å². The molecule has 2 aromatic heterocycles. The Morgan fingerprint density at radius 1 is 1.35 bits per heavy atom. The fourth-order valence-corrected chi connectivity index (χ4v) is 1.78. The lowest BCUT2D eigenvalue weighted by molar-refractivity contribution is 0.561. The van der Waals surface area contributed by atoms with Gasteiger partial charge in [-0.2, -0.15) is 9.61 Å². The summed E-state index contributed by atoms with van der Waals surface area (Å²) in [6, 6.07) is 3.48. The highest BCUT2D eigenvalue weighted by atomic mass is 16.1. The third kappa shape index (κ3) is 1.86. The number of nitrogens with two attached hydrogens (primary N) is 1. The van der Waals surface area contributed by atoms with Crippen molar-refractivity contribution in [2.24, 2.45) is 12.8 Å². The highest BCUT2D eigenvalue weighted by molar-refractivity contribution is 5.43. The second-order valence-electron chi connectivity index (χ2n) is 5.29. The van der Waals surface area contributed by atoms with Crippen LogP contribution in [0, 0.1) is 0 Å². The van der Waals surface area contributed by atoms with Crippen LogP contribution >= 0.6 is 0 Å². The van der Waals surface area contributed by atoms with Crippen LogP contribution in [0.3, 0.4) is 0 Å². The van der Waals surface area contributed by atoms with Gasteiger partial charge in [0.05, 0.1) is 5.69 Å². The maximum atomic E-state index is 11.9. The quantitative estimate of drug-likeness (QED) is 0.793. The summed E-state index contributed by atoms with van der Waals surface area (Å²) >= 11 is 0. The van der Waals surface area contributed by atoms with Crippen molar-refractivity contribution in [2.75, 3.05) is 0 Å². The van der Waals surface area contributed by atoms with Gasteiger partial charge in [-0.15, -0.1) is 0 Å². The van der Waals surface area contributed by atoms with Crippen LogP contribution in [0.15, 0.2) is 16.9 Å². The number of hydrogen-bond acceptors (Lipinski definition) is 3. The van der Waals surface area contributed by atoms with E-state index in [1.54, 1.807) is 0 Å². The summed E-state index contributed by atoms with van der Waals surface area (Å²) in [6.07, 6.45) is 0. The van der Waals surface area contributed by atoms with E-state index in [1.165, 1.54) is 10.6 Å². The van der Waals surface area contributed by atoms with E-state index in [9.17, 15) is 4.79 Å². The van der Waals surface area contributed by atoms with Crippen LogP contribution in [0.4, 0.5) is 0 Å². The monoisotopic (exact) mass is 234 g/mol. The summed E-state index contributed by atoms with van der Waals surface area (Å²) in [5, 5.41) is 4.36. The fraction of sp³-hybridized carbons (Fsp3) is 0.500. The lowest BCUT2D eigenvalue weighted by Crippen LogP contribution is -2.21.